The summed E-state index contributed by atoms with van der Waals surface area (Å²) in [6.07, 6.45) is 0. The molecule has 10 heavy (non-hydrogen) atoms. The summed E-state index contributed by atoms with van der Waals surface area (Å²) in [5, 5.41) is -1.09. The second kappa shape index (κ2) is 1.93. The molecule has 1 unspecified atom stereocenters. The van der Waals surface area contributed by atoms with Gasteiger partial charge in [0.15, 0.2) is 0 Å². The van der Waals surface area contributed by atoms with Crippen LogP contribution in [0.5, 0.6) is 0 Å². The molecule has 0 aromatic heterocycles. The second-order valence-corrected chi connectivity index (χ2v) is 3.65. The lowest BCUT2D eigenvalue weighted by atomic mass is 10.7. The van der Waals surface area contributed by atoms with Gasteiger partial charge < -0.3 is 9.45 Å². The summed E-state index contributed by atoms with van der Waals surface area (Å²) in [6, 6.07) is 0. The van der Waals surface area contributed by atoms with Gasteiger partial charge in [-0.2, -0.15) is 0 Å². The summed E-state index contributed by atoms with van der Waals surface area (Å²) >= 11 is 0. The van der Waals surface area contributed by atoms with Crippen molar-refractivity contribution in [3.63, 3.8) is 0 Å². The van der Waals surface area contributed by atoms with Gasteiger partial charge in [-0.3, -0.25) is 4.79 Å². The van der Waals surface area contributed by atoms with E-state index in [0.717, 1.165) is 4.90 Å². The molecule has 0 aromatic carbocycles. The zero-order valence-corrected chi connectivity index (χ0v) is 6.09. The fourth-order valence-electron chi connectivity index (χ4n) is 0.700. The minimum absolute atomic E-state index is 0.0567. The highest BCUT2D eigenvalue weighted by Crippen LogP contribution is 2.21. The van der Waals surface area contributed by atoms with Crippen LogP contribution in [0.25, 0.3) is 0 Å². The van der Waals surface area contributed by atoms with Crippen molar-refractivity contribution in [2.45, 2.75) is 12.3 Å². The van der Waals surface area contributed by atoms with Crippen molar-refractivity contribution in [2.75, 3.05) is 6.54 Å². The van der Waals surface area contributed by atoms with Gasteiger partial charge in [0.2, 0.25) is 5.91 Å². The number of carbonyl (C=O) groups excluding carboxylic acids is 1. The van der Waals surface area contributed by atoms with E-state index < -0.39 is 15.5 Å². The Bertz CT molecular complexity index is 256. The first kappa shape index (κ1) is 7.49. The highest BCUT2D eigenvalue weighted by molar-refractivity contribution is 7.86. The highest BCUT2D eigenvalue weighted by Gasteiger charge is 2.41. The molecule has 1 rings (SSSR count). The first-order valence-corrected chi connectivity index (χ1v) is 4.12. The van der Waals surface area contributed by atoms with Crippen molar-refractivity contribution in [1.29, 1.82) is 0 Å². The Hall–Kier alpha value is -0.620. The maximum absolute atomic E-state index is 10.4. The number of rotatable bonds is 1. The summed E-state index contributed by atoms with van der Waals surface area (Å²) in [5.41, 5.74) is 0. The Morgan fingerprint density at radius 3 is 2.30 bits per heavy atom. The lowest BCUT2D eigenvalue weighted by Gasteiger charge is -2.04. The zero-order valence-electron chi connectivity index (χ0n) is 5.27. The molecule has 0 N–H and O–H groups in total. The van der Waals surface area contributed by atoms with Crippen LogP contribution < -0.4 is 0 Å². The molecule has 58 valence electrons. The van der Waals surface area contributed by atoms with Crippen molar-refractivity contribution in [1.82, 2.24) is 4.90 Å². The van der Waals surface area contributed by atoms with Gasteiger partial charge in [-0.05, 0) is 0 Å². The molecular weight excluding hydrogens is 158 g/mol. The molecule has 0 bridgehead atoms. The molecule has 0 aliphatic carbocycles. The molecule has 1 aliphatic heterocycles. The Balaban J connectivity index is 2.64. The van der Waals surface area contributed by atoms with E-state index in [1.165, 1.54) is 6.92 Å². The standard InChI is InChI=1S/C4H7NO4S/c1-3(6)5-2-4(5)10(7,8)9/h4H,2H2,1H3,(H,7,8,9)/p-1. The first-order valence-electron chi connectivity index (χ1n) is 2.65. The van der Waals surface area contributed by atoms with Crippen LogP contribution in [0.3, 0.4) is 0 Å². The fraction of sp³-hybridized carbons (Fsp3) is 0.750. The molecule has 1 heterocycles. The molecule has 1 fully saturated rings. The van der Waals surface area contributed by atoms with Crippen molar-refractivity contribution in [3.05, 3.63) is 0 Å². The normalized spacial score (nSPS) is 24.6. The zero-order chi connectivity index (χ0) is 7.94. The van der Waals surface area contributed by atoms with Gasteiger partial charge in [0.1, 0.15) is 15.5 Å². The van der Waals surface area contributed by atoms with Gasteiger partial charge in [-0.1, -0.05) is 0 Å². The van der Waals surface area contributed by atoms with E-state index in [1.54, 1.807) is 0 Å². The largest absolute Gasteiger partial charge is 0.746 e. The average molecular weight is 164 g/mol. The van der Waals surface area contributed by atoms with Crippen LogP contribution in [0.4, 0.5) is 0 Å². The Morgan fingerprint density at radius 2 is 2.20 bits per heavy atom. The maximum atomic E-state index is 10.4. The van der Waals surface area contributed by atoms with Crippen LogP contribution in [0.1, 0.15) is 6.92 Å². The van der Waals surface area contributed by atoms with Crippen LogP contribution in [0, 0.1) is 0 Å². The summed E-state index contributed by atoms with van der Waals surface area (Å²) in [7, 11) is -4.27. The van der Waals surface area contributed by atoms with Gasteiger partial charge >= 0.3 is 0 Å². The van der Waals surface area contributed by atoms with Crippen molar-refractivity contribution < 1.29 is 17.8 Å². The van der Waals surface area contributed by atoms with E-state index in [0.29, 0.717) is 0 Å². The Kier molecular flexibility index (Phi) is 1.44. The van der Waals surface area contributed by atoms with E-state index in [2.05, 4.69) is 0 Å². The molecule has 6 heteroatoms. The quantitative estimate of drug-likeness (QED) is 0.357. The summed E-state index contributed by atoms with van der Waals surface area (Å²) in [5.74, 6) is -0.371. The van der Waals surface area contributed by atoms with Crippen LogP contribution in [-0.4, -0.2) is 35.7 Å². The molecule has 0 saturated carbocycles. The SMILES string of the molecule is CC(=O)N1CC1S(=O)(=O)[O-]. The second-order valence-electron chi connectivity index (χ2n) is 2.12. The fourth-order valence-corrected chi connectivity index (χ4v) is 1.50. The van der Waals surface area contributed by atoms with E-state index in [-0.39, 0.29) is 12.5 Å². The smallest absolute Gasteiger partial charge is 0.220 e. The van der Waals surface area contributed by atoms with E-state index in [1.807, 2.05) is 0 Å². The van der Waals surface area contributed by atoms with Gasteiger partial charge in [0, 0.05) is 6.92 Å². The molecule has 1 amide bonds. The summed E-state index contributed by atoms with van der Waals surface area (Å²) in [6.45, 7) is 1.28. The predicted octanol–water partition coefficient (Wildman–Crippen LogP) is -1.28. The van der Waals surface area contributed by atoms with E-state index >= 15 is 0 Å². The molecule has 0 radical (unpaired) electrons. The lowest BCUT2D eigenvalue weighted by molar-refractivity contribution is -0.123. The van der Waals surface area contributed by atoms with Crippen LogP contribution >= 0.6 is 0 Å². The topological polar surface area (TPSA) is 77.3 Å². The lowest BCUT2D eigenvalue weighted by Crippen LogP contribution is -2.15. The Labute approximate surface area is 58.4 Å². The molecule has 0 spiro atoms. The third-order valence-electron chi connectivity index (χ3n) is 1.30. The van der Waals surface area contributed by atoms with E-state index in [9.17, 15) is 17.8 Å². The summed E-state index contributed by atoms with van der Waals surface area (Å²) in [4.78, 5) is 11.4. The van der Waals surface area contributed by atoms with Crippen LogP contribution in [0.2, 0.25) is 0 Å². The van der Waals surface area contributed by atoms with Crippen molar-refractivity contribution in [3.8, 4) is 0 Å². The molecular formula is C4H6NO4S-. The molecule has 0 aromatic rings. The Morgan fingerprint density at radius 1 is 1.70 bits per heavy atom. The van der Waals surface area contributed by atoms with Gasteiger partial charge in [0.25, 0.3) is 0 Å². The monoisotopic (exact) mass is 164 g/mol. The predicted molar refractivity (Wildman–Crippen MR) is 30.9 cm³/mol. The first-order chi connectivity index (χ1) is 4.43. The van der Waals surface area contributed by atoms with Gasteiger partial charge in [-0.25, -0.2) is 8.42 Å². The van der Waals surface area contributed by atoms with Crippen molar-refractivity contribution in [2.24, 2.45) is 0 Å². The molecule has 1 saturated heterocycles. The van der Waals surface area contributed by atoms with Crippen LogP contribution in [-0.2, 0) is 14.9 Å². The average Bonchev–Trinajstić information content (AvgIpc) is 2.35. The number of hydrogen-bond acceptors (Lipinski definition) is 4. The van der Waals surface area contributed by atoms with Crippen LogP contribution in [0.15, 0.2) is 0 Å². The number of nitrogens with zero attached hydrogens (tertiary/aromatic N) is 1. The highest BCUT2D eigenvalue weighted by atomic mass is 32.2. The minimum Gasteiger partial charge on any atom is -0.746 e. The van der Waals surface area contributed by atoms with E-state index in [4.69, 9.17) is 0 Å². The maximum Gasteiger partial charge on any atom is 0.220 e. The third-order valence-corrected chi connectivity index (χ3v) is 2.37. The number of carbonyl (C=O) groups is 1. The molecule has 1 aliphatic rings. The minimum atomic E-state index is -4.27. The number of amides is 1. The number of hydrogen-bond donors (Lipinski definition) is 0. The van der Waals surface area contributed by atoms with Crippen molar-refractivity contribution >= 4 is 16.0 Å². The molecule has 1 atom stereocenters. The van der Waals surface area contributed by atoms with Gasteiger partial charge in [-0.15, -0.1) is 0 Å². The summed E-state index contributed by atoms with van der Waals surface area (Å²) < 4.78 is 30.5. The third kappa shape index (κ3) is 1.27. The van der Waals surface area contributed by atoms with Gasteiger partial charge in [0.05, 0.1) is 6.54 Å². The molecule has 5 nitrogen and oxygen atoms in total.